The molecule has 0 aliphatic carbocycles. The van der Waals surface area contributed by atoms with Crippen LogP contribution in [-0.4, -0.2) is 22.7 Å². The predicted molar refractivity (Wildman–Crippen MR) is 83.2 cm³/mol. The van der Waals surface area contributed by atoms with Crippen molar-refractivity contribution in [2.75, 3.05) is 11.9 Å². The Bertz CT molecular complexity index is 751. The lowest BCUT2D eigenvalue weighted by atomic mass is 10.1. The second-order valence-corrected chi connectivity index (χ2v) is 5.22. The molecule has 0 aliphatic heterocycles. The molecule has 0 saturated heterocycles. The Kier molecular flexibility index (Phi) is 4.15. The first-order valence-electron chi connectivity index (χ1n) is 6.67. The number of hydrogen-bond donors (Lipinski definition) is 1. The molecular formula is C15H13N3O3S. The van der Waals surface area contributed by atoms with Crippen LogP contribution in [0.5, 0.6) is 5.75 Å². The summed E-state index contributed by atoms with van der Waals surface area (Å²) in [6.45, 7) is 2.54. The smallest absolute Gasteiger partial charge is 0.279 e. The SMILES string of the molecule is CCOc1ccc(-c2cc(C(=O)Nc3nccs3)no2)cc1. The monoisotopic (exact) mass is 315 g/mol. The Balaban J connectivity index is 1.74. The molecule has 112 valence electrons. The molecule has 1 amide bonds. The highest BCUT2D eigenvalue weighted by Gasteiger charge is 2.14. The van der Waals surface area contributed by atoms with Crippen LogP contribution in [-0.2, 0) is 0 Å². The number of benzene rings is 1. The van der Waals surface area contributed by atoms with E-state index in [-0.39, 0.29) is 11.6 Å². The summed E-state index contributed by atoms with van der Waals surface area (Å²) in [4.78, 5) is 16.0. The van der Waals surface area contributed by atoms with Gasteiger partial charge in [0.05, 0.1) is 6.61 Å². The van der Waals surface area contributed by atoms with Crippen molar-refractivity contribution in [2.45, 2.75) is 6.92 Å². The van der Waals surface area contributed by atoms with Crippen molar-refractivity contribution in [3.8, 4) is 17.1 Å². The lowest BCUT2D eigenvalue weighted by Gasteiger charge is -2.02. The fraction of sp³-hybridized carbons (Fsp3) is 0.133. The predicted octanol–water partition coefficient (Wildman–Crippen LogP) is 3.45. The van der Waals surface area contributed by atoms with Gasteiger partial charge in [-0.1, -0.05) is 5.16 Å². The van der Waals surface area contributed by atoms with E-state index in [0.717, 1.165) is 11.3 Å². The zero-order chi connectivity index (χ0) is 15.4. The Morgan fingerprint density at radius 1 is 1.36 bits per heavy atom. The van der Waals surface area contributed by atoms with Crippen LogP contribution in [0.4, 0.5) is 5.13 Å². The van der Waals surface area contributed by atoms with E-state index >= 15 is 0 Å². The number of nitrogens with one attached hydrogen (secondary N) is 1. The van der Waals surface area contributed by atoms with Crippen LogP contribution in [0.3, 0.4) is 0 Å². The molecule has 7 heteroatoms. The largest absolute Gasteiger partial charge is 0.494 e. The third-order valence-corrected chi connectivity index (χ3v) is 3.53. The normalized spacial score (nSPS) is 10.4. The maximum atomic E-state index is 12.0. The van der Waals surface area contributed by atoms with Gasteiger partial charge in [-0.25, -0.2) is 4.98 Å². The van der Waals surface area contributed by atoms with Crippen LogP contribution in [0.1, 0.15) is 17.4 Å². The zero-order valence-electron chi connectivity index (χ0n) is 11.8. The third kappa shape index (κ3) is 3.15. The number of anilines is 1. The van der Waals surface area contributed by atoms with Crippen LogP contribution in [0.2, 0.25) is 0 Å². The number of hydrogen-bond acceptors (Lipinski definition) is 6. The van der Waals surface area contributed by atoms with Crippen molar-refractivity contribution >= 4 is 22.4 Å². The van der Waals surface area contributed by atoms with Crippen LogP contribution in [0.15, 0.2) is 46.4 Å². The molecule has 3 rings (SSSR count). The summed E-state index contributed by atoms with van der Waals surface area (Å²) in [6.07, 6.45) is 1.62. The number of amides is 1. The van der Waals surface area contributed by atoms with E-state index < -0.39 is 0 Å². The second kappa shape index (κ2) is 6.40. The van der Waals surface area contributed by atoms with Gasteiger partial charge in [0.25, 0.3) is 5.91 Å². The van der Waals surface area contributed by atoms with Gasteiger partial charge in [0.15, 0.2) is 16.6 Å². The van der Waals surface area contributed by atoms with E-state index in [1.807, 2.05) is 31.2 Å². The minimum atomic E-state index is -0.351. The van der Waals surface area contributed by atoms with Crippen molar-refractivity contribution in [1.82, 2.24) is 10.1 Å². The lowest BCUT2D eigenvalue weighted by molar-refractivity contribution is 0.101. The van der Waals surface area contributed by atoms with Crippen LogP contribution in [0, 0.1) is 0 Å². The maximum Gasteiger partial charge on any atom is 0.279 e. The quantitative estimate of drug-likeness (QED) is 0.780. The highest BCUT2D eigenvalue weighted by atomic mass is 32.1. The summed E-state index contributed by atoms with van der Waals surface area (Å²) in [5.41, 5.74) is 1.03. The highest BCUT2D eigenvalue weighted by molar-refractivity contribution is 7.13. The van der Waals surface area contributed by atoms with Gasteiger partial charge in [-0.2, -0.15) is 0 Å². The molecule has 22 heavy (non-hydrogen) atoms. The van der Waals surface area contributed by atoms with Gasteiger partial charge < -0.3 is 9.26 Å². The highest BCUT2D eigenvalue weighted by Crippen LogP contribution is 2.23. The van der Waals surface area contributed by atoms with E-state index in [1.54, 1.807) is 17.6 Å². The Hall–Kier alpha value is -2.67. The van der Waals surface area contributed by atoms with E-state index in [1.165, 1.54) is 11.3 Å². The molecule has 3 aromatic rings. The lowest BCUT2D eigenvalue weighted by Crippen LogP contribution is -2.11. The number of thiazole rings is 1. The first-order valence-corrected chi connectivity index (χ1v) is 7.55. The summed E-state index contributed by atoms with van der Waals surface area (Å²) in [5.74, 6) is 0.954. The minimum Gasteiger partial charge on any atom is -0.494 e. The molecule has 0 radical (unpaired) electrons. The number of aromatic nitrogens is 2. The molecule has 0 spiro atoms. The Labute approximate surface area is 130 Å². The zero-order valence-corrected chi connectivity index (χ0v) is 12.6. The van der Waals surface area contributed by atoms with Crippen molar-refractivity contribution < 1.29 is 14.1 Å². The summed E-state index contributed by atoms with van der Waals surface area (Å²) in [7, 11) is 0. The van der Waals surface area contributed by atoms with Crippen LogP contribution < -0.4 is 10.1 Å². The summed E-state index contributed by atoms with van der Waals surface area (Å²) in [5, 5.41) is 8.75. The second-order valence-electron chi connectivity index (χ2n) is 4.33. The fourth-order valence-corrected chi connectivity index (χ4v) is 2.37. The topological polar surface area (TPSA) is 77.2 Å². The molecule has 2 heterocycles. The first kappa shape index (κ1) is 14.3. The molecule has 0 unspecified atom stereocenters. The molecule has 6 nitrogen and oxygen atoms in total. The van der Waals surface area contributed by atoms with E-state index in [0.29, 0.717) is 17.5 Å². The third-order valence-electron chi connectivity index (χ3n) is 2.85. The maximum absolute atomic E-state index is 12.0. The van der Waals surface area contributed by atoms with Gasteiger partial charge in [0.2, 0.25) is 0 Å². The number of rotatable bonds is 5. The number of nitrogens with zero attached hydrogens (tertiary/aromatic N) is 2. The van der Waals surface area contributed by atoms with E-state index in [9.17, 15) is 4.79 Å². The van der Waals surface area contributed by atoms with Crippen molar-refractivity contribution in [3.05, 3.63) is 47.6 Å². The summed E-state index contributed by atoms with van der Waals surface area (Å²) < 4.78 is 10.6. The molecule has 0 bridgehead atoms. The molecule has 0 saturated carbocycles. The Morgan fingerprint density at radius 3 is 2.86 bits per heavy atom. The number of carbonyl (C=O) groups excluding carboxylic acids is 1. The molecule has 1 aromatic carbocycles. The van der Waals surface area contributed by atoms with Gasteiger partial charge in [0, 0.05) is 23.2 Å². The number of carbonyl (C=O) groups is 1. The summed E-state index contributed by atoms with van der Waals surface area (Å²) >= 11 is 1.34. The first-order chi connectivity index (χ1) is 10.8. The minimum absolute atomic E-state index is 0.207. The van der Waals surface area contributed by atoms with E-state index in [2.05, 4.69) is 15.5 Å². The molecule has 0 aliphatic rings. The van der Waals surface area contributed by atoms with Crippen molar-refractivity contribution in [2.24, 2.45) is 0 Å². The van der Waals surface area contributed by atoms with Gasteiger partial charge in [-0.15, -0.1) is 11.3 Å². The van der Waals surface area contributed by atoms with Crippen molar-refractivity contribution in [3.63, 3.8) is 0 Å². The molecule has 1 N–H and O–H groups in total. The average molecular weight is 315 g/mol. The Morgan fingerprint density at radius 2 is 2.18 bits per heavy atom. The molecule has 0 atom stereocenters. The van der Waals surface area contributed by atoms with Gasteiger partial charge >= 0.3 is 0 Å². The van der Waals surface area contributed by atoms with Crippen molar-refractivity contribution in [1.29, 1.82) is 0 Å². The summed E-state index contributed by atoms with van der Waals surface area (Å²) in [6, 6.07) is 8.99. The number of ether oxygens (including phenoxy) is 1. The van der Waals surface area contributed by atoms with Gasteiger partial charge in [-0.3, -0.25) is 10.1 Å². The molecule has 2 aromatic heterocycles. The fourth-order valence-electron chi connectivity index (χ4n) is 1.85. The van der Waals surface area contributed by atoms with Gasteiger partial charge in [0.1, 0.15) is 5.75 Å². The van der Waals surface area contributed by atoms with Crippen LogP contribution >= 0.6 is 11.3 Å². The average Bonchev–Trinajstić information content (AvgIpc) is 3.19. The van der Waals surface area contributed by atoms with E-state index in [4.69, 9.17) is 9.26 Å². The molecule has 0 fully saturated rings. The van der Waals surface area contributed by atoms with Crippen LogP contribution in [0.25, 0.3) is 11.3 Å². The van der Waals surface area contributed by atoms with Gasteiger partial charge in [-0.05, 0) is 31.2 Å². The standard InChI is InChI=1S/C15H13N3O3S/c1-2-20-11-5-3-10(4-6-11)13-9-12(18-21-13)14(19)17-15-16-7-8-22-15/h3-9H,2H2,1H3,(H,16,17,19). The molecular weight excluding hydrogens is 302 g/mol.